The highest BCUT2D eigenvalue weighted by atomic mass is 16.5. The first-order chi connectivity index (χ1) is 12.7. The lowest BCUT2D eigenvalue weighted by atomic mass is 9.95. The van der Waals surface area contributed by atoms with Crippen LogP contribution in [0.1, 0.15) is 30.5 Å². The molecule has 1 heterocycles. The Bertz CT molecular complexity index is 745. The van der Waals surface area contributed by atoms with Crippen LogP contribution in [0, 0.1) is 0 Å². The monoisotopic (exact) mass is 355 g/mol. The molecule has 5 nitrogen and oxygen atoms in total. The Balaban J connectivity index is 1.68. The number of carbonyl (C=O) groups excluding carboxylic acids is 1. The maximum atomic E-state index is 12.4. The van der Waals surface area contributed by atoms with E-state index in [9.17, 15) is 4.79 Å². The minimum atomic E-state index is -0.348. The maximum absolute atomic E-state index is 12.4. The Hall–Kier alpha value is -2.53. The van der Waals surface area contributed by atoms with Crippen LogP contribution in [0.15, 0.2) is 42.5 Å². The normalized spacial score (nSPS) is 15.8. The van der Waals surface area contributed by atoms with Gasteiger partial charge in [0.1, 0.15) is 12.6 Å². The fraction of sp³-hybridized carbons (Fsp3) is 0.381. The number of nitrogens with one attached hydrogen (secondary N) is 1. The Morgan fingerprint density at radius 2 is 1.69 bits per heavy atom. The zero-order chi connectivity index (χ0) is 18.4. The first kappa shape index (κ1) is 18.3. The molecule has 0 amide bonds. The highest BCUT2D eigenvalue weighted by molar-refractivity contribution is 5.77. The van der Waals surface area contributed by atoms with Crippen LogP contribution in [0.25, 0.3) is 0 Å². The second-order valence-electron chi connectivity index (χ2n) is 6.16. The molecule has 26 heavy (non-hydrogen) atoms. The van der Waals surface area contributed by atoms with Gasteiger partial charge in [0.25, 0.3) is 0 Å². The summed E-state index contributed by atoms with van der Waals surface area (Å²) >= 11 is 0. The second kappa shape index (κ2) is 8.72. The third-order valence-electron chi connectivity index (χ3n) is 4.34. The molecule has 5 heteroatoms. The molecule has 0 spiro atoms. The molecule has 138 valence electrons. The minimum Gasteiger partial charge on any atom is -0.490 e. The zero-order valence-electron chi connectivity index (χ0n) is 15.3. The summed E-state index contributed by atoms with van der Waals surface area (Å²) in [7, 11) is 0. The van der Waals surface area contributed by atoms with E-state index >= 15 is 0 Å². The summed E-state index contributed by atoms with van der Waals surface area (Å²) in [5.74, 6) is 1.25. The summed E-state index contributed by atoms with van der Waals surface area (Å²) in [4.78, 5) is 12.4. The van der Waals surface area contributed by atoms with Crippen molar-refractivity contribution < 1.29 is 19.0 Å². The lowest BCUT2D eigenvalue weighted by Gasteiger charge is -2.26. The molecule has 0 unspecified atom stereocenters. The average Bonchev–Trinajstić information content (AvgIpc) is 2.67. The number of ether oxygens (including phenoxy) is 3. The fourth-order valence-electron chi connectivity index (χ4n) is 3.06. The lowest BCUT2D eigenvalue weighted by molar-refractivity contribution is -0.147. The van der Waals surface area contributed by atoms with Crippen LogP contribution >= 0.6 is 0 Å². The highest BCUT2D eigenvalue weighted by Crippen LogP contribution is 2.33. The van der Waals surface area contributed by atoms with Crippen molar-refractivity contribution in [3.05, 3.63) is 59.2 Å². The Morgan fingerprint density at radius 1 is 1.04 bits per heavy atom. The fourth-order valence-corrected chi connectivity index (χ4v) is 3.06. The number of fused-ring (bicyclic) bond motifs is 1. The first-order valence-electron chi connectivity index (χ1n) is 9.06. The number of esters is 1. The van der Waals surface area contributed by atoms with Crippen molar-refractivity contribution in [1.82, 2.24) is 5.32 Å². The van der Waals surface area contributed by atoms with Crippen LogP contribution < -0.4 is 14.8 Å². The third-order valence-corrected chi connectivity index (χ3v) is 4.34. The van der Waals surface area contributed by atoms with Crippen molar-refractivity contribution in [2.24, 2.45) is 0 Å². The molecule has 1 aliphatic rings. The molecular formula is C21H25NO4. The van der Waals surface area contributed by atoms with Gasteiger partial charge in [-0.15, -0.1) is 0 Å². The van der Waals surface area contributed by atoms with Gasteiger partial charge in [-0.3, -0.25) is 4.79 Å². The van der Waals surface area contributed by atoms with E-state index in [4.69, 9.17) is 14.2 Å². The number of hydrogen-bond acceptors (Lipinski definition) is 5. The Morgan fingerprint density at radius 3 is 2.35 bits per heavy atom. The third kappa shape index (κ3) is 4.35. The van der Waals surface area contributed by atoms with Crippen LogP contribution in [0.3, 0.4) is 0 Å². The lowest BCUT2D eigenvalue weighted by Crippen LogP contribution is -2.42. The van der Waals surface area contributed by atoms with E-state index in [-0.39, 0.29) is 18.6 Å². The smallest absolute Gasteiger partial charge is 0.323 e. The van der Waals surface area contributed by atoms with E-state index in [0.717, 1.165) is 28.2 Å². The molecule has 0 aliphatic carbocycles. The predicted octanol–water partition coefficient (Wildman–Crippen LogP) is 3.24. The van der Waals surface area contributed by atoms with Crippen molar-refractivity contribution in [2.75, 3.05) is 13.2 Å². The van der Waals surface area contributed by atoms with E-state index in [0.29, 0.717) is 26.2 Å². The van der Waals surface area contributed by atoms with Gasteiger partial charge in [-0.25, -0.2) is 0 Å². The quantitative estimate of drug-likeness (QED) is 0.773. The van der Waals surface area contributed by atoms with E-state index in [2.05, 4.69) is 5.32 Å². The summed E-state index contributed by atoms with van der Waals surface area (Å²) in [6.45, 7) is 5.94. The second-order valence-corrected chi connectivity index (χ2v) is 6.16. The van der Waals surface area contributed by atoms with Crippen molar-refractivity contribution >= 4 is 5.97 Å². The van der Waals surface area contributed by atoms with E-state index in [1.54, 1.807) is 0 Å². The van der Waals surface area contributed by atoms with Crippen molar-refractivity contribution in [2.45, 2.75) is 39.5 Å². The van der Waals surface area contributed by atoms with Gasteiger partial charge in [-0.2, -0.15) is 0 Å². The summed E-state index contributed by atoms with van der Waals surface area (Å²) in [5.41, 5.74) is 3.21. The van der Waals surface area contributed by atoms with Crippen LogP contribution in [0.5, 0.6) is 11.5 Å². The Labute approximate surface area is 154 Å². The van der Waals surface area contributed by atoms with Gasteiger partial charge in [0.2, 0.25) is 0 Å². The predicted molar refractivity (Wildman–Crippen MR) is 99.3 cm³/mol. The van der Waals surface area contributed by atoms with Crippen LogP contribution in [-0.4, -0.2) is 25.2 Å². The molecule has 0 saturated carbocycles. The maximum Gasteiger partial charge on any atom is 0.323 e. The van der Waals surface area contributed by atoms with Gasteiger partial charge in [-0.05, 0) is 49.1 Å². The summed E-state index contributed by atoms with van der Waals surface area (Å²) < 4.78 is 16.8. The molecule has 3 rings (SSSR count). The van der Waals surface area contributed by atoms with Gasteiger partial charge in [-0.1, -0.05) is 30.3 Å². The number of rotatable bonds is 7. The van der Waals surface area contributed by atoms with Gasteiger partial charge >= 0.3 is 5.97 Å². The molecule has 0 saturated heterocycles. The van der Waals surface area contributed by atoms with E-state index in [1.807, 2.05) is 56.3 Å². The molecule has 0 bridgehead atoms. The zero-order valence-corrected chi connectivity index (χ0v) is 15.3. The number of carbonyl (C=O) groups is 1. The molecule has 0 aromatic heterocycles. The molecule has 1 N–H and O–H groups in total. The largest absolute Gasteiger partial charge is 0.490 e. The minimum absolute atomic E-state index is 0.230. The van der Waals surface area contributed by atoms with Crippen molar-refractivity contribution in [3.8, 4) is 11.5 Å². The Kier molecular flexibility index (Phi) is 6.12. The molecular weight excluding hydrogens is 330 g/mol. The first-order valence-corrected chi connectivity index (χ1v) is 9.06. The van der Waals surface area contributed by atoms with Gasteiger partial charge < -0.3 is 19.5 Å². The molecule has 1 atom stereocenters. The highest BCUT2D eigenvalue weighted by Gasteiger charge is 2.27. The summed E-state index contributed by atoms with van der Waals surface area (Å²) in [6, 6.07) is 13.3. The molecule has 1 aliphatic heterocycles. The SMILES string of the molecule is CCOc1cc2c(cc1OCC)C[C@H](C(=O)OCc1ccccc1)NC2. The average molecular weight is 355 g/mol. The molecule has 2 aromatic carbocycles. The van der Waals surface area contributed by atoms with Gasteiger partial charge in [0.15, 0.2) is 11.5 Å². The topological polar surface area (TPSA) is 56.8 Å². The van der Waals surface area contributed by atoms with Crippen LogP contribution in [-0.2, 0) is 29.1 Å². The van der Waals surface area contributed by atoms with Crippen LogP contribution in [0.2, 0.25) is 0 Å². The van der Waals surface area contributed by atoms with Crippen molar-refractivity contribution in [3.63, 3.8) is 0 Å². The number of hydrogen-bond donors (Lipinski definition) is 1. The number of benzene rings is 2. The van der Waals surface area contributed by atoms with Crippen molar-refractivity contribution in [1.29, 1.82) is 0 Å². The summed E-state index contributed by atoms with van der Waals surface area (Å²) in [6.07, 6.45) is 0.579. The van der Waals surface area contributed by atoms with Crippen LogP contribution in [0.4, 0.5) is 0 Å². The molecule has 0 radical (unpaired) electrons. The van der Waals surface area contributed by atoms with Gasteiger partial charge in [0.05, 0.1) is 13.2 Å². The molecule has 0 fully saturated rings. The van der Waals surface area contributed by atoms with E-state index < -0.39 is 0 Å². The molecule has 2 aromatic rings. The summed E-state index contributed by atoms with van der Waals surface area (Å²) in [5, 5.41) is 3.26. The van der Waals surface area contributed by atoms with Gasteiger partial charge in [0, 0.05) is 6.54 Å². The van der Waals surface area contributed by atoms with E-state index in [1.165, 1.54) is 0 Å². The standard InChI is InChI=1S/C21H25NO4/c1-3-24-19-11-16-10-18(22-13-17(16)12-20(19)25-4-2)21(23)26-14-15-8-6-5-7-9-15/h5-9,11-12,18,22H,3-4,10,13-14H2,1-2H3/t18-/m1/s1.